The normalized spacial score (nSPS) is 12.0. The highest BCUT2D eigenvalue weighted by atomic mass is 32.2. The number of aromatic nitrogens is 2. The Hall–Kier alpha value is -1.70. The summed E-state index contributed by atoms with van der Waals surface area (Å²) in [5.41, 5.74) is 3.06. The summed E-state index contributed by atoms with van der Waals surface area (Å²) in [6.45, 7) is 0.374. The van der Waals surface area contributed by atoms with E-state index in [1.54, 1.807) is 23.8 Å². The molecule has 1 N–H and O–H groups in total. The molecule has 0 aliphatic rings. The molecule has 1 aromatic carbocycles. The van der Waals surface area contributed by atoms with Crippen molar-refractivity contribution >= 4 is 32.4 Å². The van der Waals surface area contributed by atoms with Crippen LogP contribution >= 0.6 is 11.3 Å². The van der Waals surface area contributed by atoms with Gasteiger partial charge in [-0.15, -0.1) is 11.3 Å². The van der Waals surface area contributed by atoms with Crippen LogP contribution in [0, 0.1) is 0 Å². The number of nitrogens with zero attached hydrogens (tertiary/aromatic N) is 2. The fraction of sp³-hybridized carbons (Fsp3) is 0.214. The van der Waals surface area contributed by atoms with Gasteiger partial charge >= 0.3 is 0 Å². The van der Waals surface area contributed by atoms with Crippen molar-refractivity contribution in [2.75, 3.05) is 6.54 Å². The van der Waals surface area contributed by atoms with Crippen LogP contribution in [-0.4, -0.2) is 24.5 Å². The molecule has 0 saturated carbocycles. The van der Waals surface area contributed by atoms with Crippen LogP contribution in [0.4, 0.5) is 0 Å². The van der Waals surface area contributed by atoms with E-state index in [1.807, 2.05) is 29.8 Å². The van der Waals surface area contributed by atoms with Crippen molar-refractivity contribution in [3.63, 3.8) is 0 Å². The average molecular weight is 321 g/mol. The van der Waals surface area contributed by atoms with Crippen LogP contribution in [0.5, 0.6) is 0 Å². The first-order valence-electron chi connectivity index (χ1n) is 6.49. The molecule has 21 heavy (non-hydrogen) atoms. The number of fused-ring (bicyclic) bond motifs is 1. The molecule has 0 aliphatic carbocycles. The van der Waals surface area contributed by atoms with Crippen LogP contribution in [0.15, 0.2) is 46.2 Å². The van der Waals surface area contributed by atoms with Gasteiger partial charge in [-0.3, -0.25) is 0 Å². The van der Waals surface area contributed by atoms with Crippen molar-refractivity contribution in [2.45, 2.75) is 10.6 Å². The molecule has 0 bridgehead atoms. The van der Waals surface area contributed by atoms with E-state index >= 15 is 0 Å². The van der Waals surface area contributed by atoms with E-state index in [-0.39, 0.29) is 0 Å². The molecule has 0 spiro atoms. The number of benzene rings is 1. The maximum Gasteiger partial charge on any atom is 0.250 e. The predicted octanol–water partition coefficient (Wildman–Crippen LogP) is 2.16. The summed E-state index contributed by atoms with van der Waals surface area (Å²) < 4.78 is 28.9. The average Bonchev–Trinajstić information content (AvgIpc) is 3.09. The Kier molecular flexibility index (Phi) is 3.79. The number of thiophene rings is 1. The van der Waals surface area contributed by atoms with Gasteiger partial charge in [-0.2, -0.15) is 0 Å². The Morgan fingerprint density at radius 3 is 2.95 bits per heavy atom. The van der Waals surface area contributed by atoms with Gasteiger partial charge < -0.3 is 4.57 Å². The summed E-state index contributed by atoms with van der Waals surface area (Å²) in [7, 11) is -1.43. The SMILES string of the molecule is Cn1cnc2cc(CCNS(=O)(=O)c3cccs3)ccc21. The fourth-order valence-corrected chi connectivity index (χ4v) is 4.22. The number of imidazole rings is 1. The van der Waals surface area contributed by atoms with Crippen molar-refractivity contribution in [2.24, 2.45) is 7.05 Å². The summed E-state index contributed by atoms with van der Waals surface area (Å²) in [6.07, 6.45) is 2.41. The van der Waals surface area contributed by atoms with Crippen molar-refractivity contribution in [3.8, 4) is 0 Å². The number of aryl methyl sites for hydroxylation is 1. The van der Waals surface area contributed by atoms with Crippen molar-refractivity contribution < 1.29 is 8.42 Å². The minimum atomic E-state index is -3.38. The summed E-state index contributed by atoms with van der Waals surface area (Å²) >= 11 is 1.22. The molecule has 110 valence electrons. The van der Waals surface area contributed by atoms with Gasteiger partial charge in [0.1, 0.15) is 4.21 Å². The number of sulfonamides is 1. The van der Waals surface area contributed by atoms with E-state index in [0.717, 1.165) is 16.6 Å². The molecular weight excluding hydrogens is 306 g/mol. The highest BCUT2D eigenvalue weighted by Gasteiger charge is 2.14. The Bertz CT molecular complexity index is 852. The van der Waals surface area contributed by atoms with Crippen LogP contribution in [0.2, 0.25) is 0 Å². The first-order chi connectivity index (χ1) is 10.1. The van der Waals surface area contributed by atoms with Crippen LogP contribution < -0.4 is 4.72 Å². The molecule has 7 heteroatoms. The third kappa shape index (κ3) is 2.99. The van der Waals surface area contributed by atoms with Gasteiger partial charge in [-0.1, -0.05) is 12.1 Å². The zero-order valence-electron chi connectivity index (χ0n) is 11.5. The van der Waals surface area contributed by atoms with Gasteiger partial charge in [0.2, 0.25) is 10.0 Å². The molecule has 0 aliphatic heterocycles. The molecule has 5 nitrogen and oxygen atoms in total. The van der Waals surface area contributed by atoms with E-state index in [2.05, 4.69) is 9.71 Å². The van der Waals surface area contributed by atoms with Crippen molar-refractivity contribution in [1.82, 2.24) is 14.3 Å². The fourth-order valence-electron chi connectivity index (χ4n) is 2.15. The van der Waals surface area contributed by atoms with Gasteiger partial charge in [-0.25, -0.2) is 18.1 Å². The monoisotopic (exact) mass is 321 g/mol. The van der Waals surface area contributed by atoms with Crippen LogP contribution in [0.3, 0.4) is 0 Å². The predicted molar refractivity (Wildman–Crippen MR) is 83.9 cm³/mol. The second-order valence-electron chi connectivity index (χ2n) is 4.76. The minimum Gasteiger partial charge on any atom is -0.334 e. The number of hydrogen-bond donors (Lipinski definition) is 1. The number of nitrogens with one attached hydrogen (secondary N) is 1. The molecule has 0 saturated heterocycles. The second-order valence-corrected chi connectivity index (χ2v) is 7.70. The highest BCUT2D eigenvalue weighted by Crippen LogP contribution is 2.16. The van der Waals surface area contributed by atoms with E-state index in [1.165, 1.54) is 11.3 Å². The standard InChI is InChI=1S/C14H15N3O2S2/c1-17-10-15-12-9-11(4-5-13(12)17)6-7-16-21(18,19)14-3-2-8-20-14/h2-5,8-10,16H,6-7H2,1H3. The largest absolute Gasteiger partial charge is 0.334 e. The summed E-state index contributed by atoms with van der Waals surface area (Å²) in [5.74, 6) is 0. The molecule has 0 unspecified atom stereocenters. The maximum absolute atomic E-state index is 12.0. The van der Waals surface area contributed by atoms with Crippen LogP contribution in [0.25, 0.3) is 11.0 Å². The summed E-state index contributed by atoms with van der Waals surface area (Å²) in [5, 5.41) is 1.75. The van der Waals surface area contributed by atoms with Gasteiger partial charge in [0.05, 0.1) is 17.4 Å². The first kappa shape index (κ1) is 14.2. The number of hydrogen-bond acceptors (Lipinski definition) is 4. The molecule has 3 aromatic rings. The molecule has 2 heterocycles. The first-order valence-corrected chi connectivity index (χ1v) is 8.86. The third-order valence-electron chi connectivity index (χ3n) is 3.26. The zero-order chi connectivity index (χ0) is 14.9. The molecular formula is C14H15N3O2S2. The van der Waals surface area contributed by atoms with E-state index in [0.29, 0.717) is 17.2 Å². The Labute approximate surface area is 127 Å². The lowest BCUT2D eigenvalue weighted by atomic mass is 10.1. The molecule has 0 atom stereocenters. The maximum atomic E-state index is 12.0. The Morgan fingerprint density at radius 2 is 2.19 bits per heavy atom. The number of rotatable bonds is 5. The lowest BCUT2D eigenvalue weighted by Gasteiger charge is -2.05. The Morgan fingerprint density at radius 1 is 1.33 bits per heavy atom. The lowest BCUT2D eigenvalue weighted by Crippen LogP contribution is -2.25. The smallest absolute Gasteiger partial charge is 0.250 e. The lowest BCUT2D eigenvalue weighted by molar-refractivity contribution is 0.584. The molecule has 0 radical (unpaired) electrons. The summed E-state index contributed by atoms with van der Waals surface area (Å²) in [6, 6.07) is 9.34. The van der Waals surface area contributed by atoms with E-state index in [4.69, 9.17) is 0 Å². The Balaban J connectivity index is 1.67. The van der Waals surface area contributed by atoms with Crippen molar-refractivity contribution in [3.05, 3.63) is 47.6 Å². The quantitative estimate of drug-likeness (QED) is 0.783. The van der Waals surface area contributed by atoms with Gasteiger partial charge in [0.25, 0.3) is 0 Å². The van der Waals surface area contributed by atoms with Gasteiger partial charge in [0, 0.05) is 13.6 Å². The van der Waals surface area contributed by atoms with Gasteiger partial charge in [0.15, 0.2) is 0 Å². The van der Waals surface area contributed by atoms with Crippen LogP contribution in [-0.2, 0) is 23.5 Å². The van der Waals surface area contributed by atoms with Gasteiger partial charge in [-0.05, 0) is 35.6 Å². The minimum absolute atomic E-state index is 0.350. The highest BCUT2D eigenvalue weighted by molar-refractivity contribution is 7.91. The van der Waals surface area contributed by atoms with E-state index in [9.17, 15) is 8.42 Å². The second kappa shape index (κ2) is 5.59. The van der Waals surface area contributed by atoms with Crippen molar-refractivity contribution in [1.29, 1.82) is 0 Å². The third-order valence-corrected chi connectivity index (χ3v) is 6.11. The van der Waals surface area contributed by atoms with Crippen LogP contribution in [0.1, 0.15) is 5.56 Å². The van der Waals surface area contributed by atoms with E-state index < -0.39 is 10.0 Å². The topological polar surface area (TPSA) is 64.0 Å². The molecule has 0 amide bonds. The molecule has 0 fully saturated rings. The molecule has 2 aromatic heterocycles. The summed E-state index contributed by atoms with van der Waals surface area (Å²) in [4.78, 5) is 4.30. The molecule has 3 rings (SSSR count). The zero-order valence-corrected chi connectivity index (χ0v) is 13.1.